The topological polar surface area (TPSA) is 117 Å². The van der Waals surface area contributed by atoms with Gasteiger partial charge in [0.2, 0.25) is 5.95 Å². The van der Waals surface area contributed by atoms with Gasteiger partial charge in [0.15, 0.2) is 6.61 Å². The Morgan fingerprint density at radius 2 is 2.10 bits per heavy atom. The Bertz CT molecular complexity index is 1100. The summed E-state index contributed by atoms with van der Waals surface area (Å²) in [5.41, 5.74) is 1.15. The van der Waals surface area contributed by atoms with Crippen molar-refractivity contribution in [3.63, 3.8) is 0 Å². The molecule has 1 atom stereocenters. The number of aromatic nitrogens is 5. The van der Waals surface area contributed by atoms with Gasteiger partial charge in [-0.1, -0.05) is 0 Å². The van der Waals surface area contributed by atoms with Gasteiger partial charge in [0.1, 0.15) is 0 Å². The van der Waals surface area contributed by atoms with Gasteiger partial charge in [0.25, 0.3) is 11.5 Å². The van der Waals surface area contributed by atoms with Crippen molar-refractivity contribution < 1.29 is 9.53 Å². The predicted octanol–water partition coefficient (Wildman–Crippen LogP) is 0.959. The minimum atomic E-state index is -0.221. The molecule has 0 saturated carbocycles. The average molecular weight is 409 g/mol. The van der Waals surface area contributed by atoms with Crippen molar-refractivity contribution in [2.45, 2.75) is 18.8 Å². The Kier molecular flexibility index (Phi) is 5.55. The third-order valence-electron chi connectivity index (χ3n) is 5.08. The van der Waals surface area contributed by atoms with E-state index < -0.39 is 0 Å². The van der Waals surface area contributed by atoms with E-state index in [1.807, 2.05) is 20.2 Å². The molecule has 1 aliphatic heterocycles. The number of H-pyrrole nitrogens is 1. The lowest BCUT2D eigenvalue weighted by atomic mass is 9.94. The van der Waals surface area contributed by atoms with Crippen LogP contribution in [-0.4, -0.2) is 69.5 Å². The second kappa shape index (κ2) is 8.44. The third-order valence-corrected chi connectivity index (χ3v) is 5.08. The Hall–Kier alpha value is -3.56. The van der Waals surface area contributed by atoms with E-state index in [-0.39, 0.29) is 30.0 Å². The fourth-order valence-electron chi connectivity index (χ4n) is 3.52. The lowest BCUT2D eigenvalue weighted by Gasteiger charge is -2.32. The van der Waals surface area contributed by atoms with E-state index in [0.717, 1.165) is 18.5 Å². The lowest BCUT2D eigenvalue weighted by molar-refractivity contribution is -0.134. The van der Waals surface area contributed by atoms with Crippen LogP contribution in [0.2, 0.25) is 0 Å². The van der Waals surface area contributed by atoms with Crippen LogP contribution >= 0.6 is 0 Å². The number of piperidine rings is 1. The largest absolute Gasteiger partial charge is 0.453 e. The van der Waals surface area contributed by atoms with Crippen LogP contribution in [0.1, 0.15) is 24.5 Å². The molecule has 1 aliphatic rings. The molecular weight excluding hydrogens is 386 g/mol. The van der Waals surface area contributed by atoms with Gasteiger partial charge in [-0.15, -0.1) is 0 Å². The van der Waals surface area contributed by atoms with Gasteiger partial charge in [-0.05, 0) is 25.0 Å². The molecule has 0 bridgehead atoms. The van der Waals surface area contributed by atoms with Crippen LogP contribution in [0.5, 0.6) is 6.01 Å². The first-order valence-corrected chi connectivity index (χ1v) is 9.76. The average Bonchev–Trinajstić information content (AvgIpc) is 2.77. The monoisotopic (exact) mass is 409 g/mol. The number of nitrogens with one attached hydrogen (secondary N) is 1. The van der Waals surface area contributed by atoms with E-state index in [1.165, 1.54) is 0 Å². The normalized spacial score (nSPS) is 16.5. The molecule has 1 N–H and O–H groups in total. The summed E-state index contributed by atoms with van der Waals surface area (Å²) in [7, 11) is 3.70. The molecule has 1 fully saturated rings. The maximum absolute atomic E-state index is 12.6. The smallest absolute Gasteiger partial charge is 0.316 e. The first kappa shape index (κ1) is 19.7. The summed E-state index contributed by atoms with van der Waals surface area (Å²) in [6.45, 7) is 1.04. The van der Waals surface area contributed by atoms with Crippen molar-refractivity contribution in [1.29, 1.82) is 0 Å². The molecular formula is C20H23N7O3. The maximum Gasteiger partial charge on any atom is 0.316 e. The lowest BCUT2D eigenvalue weighted by Crippen LogP contribution is -2.42. The van der Waals surface area contributed by atoms with Gasteiger partial charge in [-0.2, -0.15) is 0 Å². The maximum atomic E-state index is 12.6. The Morgan fingerprint density at radius 1 is 1.30 bits per heavy atom. The van der Waals surface area contributed by atoms with Gasteiger partial charge >= 0.3 is 6.01 Å². The molecule has 0 radical (unpaired) electrons. The van der Waals surface area contributed by atoms with Crippen LogP contribution in [0.15, 0.2) is 35.5 Å². The van der Waals surface area contributed by atoms with E-state index in [9.17, 15) is 9.59 Å². The first-order chi connectivity index (χ1) is 14.5. The summed E-state index contributed by atoms with van der Waals surface area (Å²) < 4.78 is 5.38. The van der Waals surface area contributed by atoms with Crippen LogP contribution in [0.3, 0.4) is 0 Å². The van der Waals surface area contributed by atoms with Gasteiger partial charge in [-0.3, -0.25) is 9.59 Å². The fourth-order valence-corrected chi connectivity index (χ4v) is 3.52. The highest BCUT2D eigenvalue weighted by Gasteiger charge is 2.26. The van der Waals surface area contributed by atoms with Crippen LogP contribution in [0.4, 0.5) is 5.95 Å². The van der Waals surface area contributed by atoms with Gasteiger partial charge < -0.3 is 19.5 Å². The molecule has 30 heavy (non-hydrogen) atoms. The standard InChI is InChI=1S/C20H23N7O3/c1-26(2)19-23-10-14-16(25-19)9-15(24-18(14)29)13-5-3-8-27(11-13)17(28)12-30-20-21-6-4-7-22-20/h4,6-7,9-10,13H,3,5,8,11-12H2,1-2H3,(H,24,29)/t13-/m1/s1. The zero-order valence-corrected chi connectivity index (χ0v) is 16.9. The summed E-state index contributed by atoms with van der Waals surface area (Å²) >= 11 is 0. The van der Waals surface area contributed by atoms with Gasteiger partial charge in [0, 0.05) is 57.4 Å². The molecule has 10 heteroatoms. The minimum absolute atomic E-state index is 0.0190. The first-order valence-electron chi connectivity index (χ1n) is 9.76. The molecule has 4 heterocycles. The molecule has 0 aromatic carbocycles. The highest BCUT2D eigenvalue weighted by atomic mass is 16.5. The number of hydrogen-bond donors (Lipinski definition) is 1. The van der Waals surface area contributed by atoms with Crippen molar-refractivity contribution in [2.24, 2.45) is 0 Å². The van der Waals surface area contributed by atoms with Crippen LogP contribution in [0, 0.1) is 0 Å². The molecule has 3 aromatic rings. The zero-order valence-electron chi connectivity index (χ0n) is 16.9. The van der Waals surface area contributed by atoms with Crippen molar-refractivity contribution in [2.75, 3.05) is 38.7 Å². The van der Waals surface area contributed by atoms with Crippen LogP contribution < -0.4 is 15.2 Å². The Labute approximate surface area is 173 Å². The van der Waals surface area contributed by atoms with E-state index in [2.05, 4.69) is 24.9 Å². The number of ether oxygens (including phenoxy) is 1. The quantitative estimate of drug-likeness (QED) is 0.662. The van der Waals surface area contributed by atoms with E-state index >= 15 is 0 Å². The predicted molar refractivity (Wildman–Crippen MR) is 111 cm³/mol. The number of hydrogen-bond acceptors (Lipinski definition) is 8. The molecule has 0 aliphatic carbocycles. The number of amides is 1. The SMILES string of the molecule is CN(C)c1ncc2c(=O)[nH]c([C@@H]3CCCN(C(=O)COc4ncccn4)C3)cc2n1. The van der Waals surface area contributed by atoms with Gasteiger partial charge in [-0.25, -0.2) is 19.9 Å². The summed E-state index contributed by atoms with van der Waals surface area (Å²) in [5, 5.41) is 0.448. The van der Waals surface area contributed by atoms with E-state index in [1.54, 1.807) is 34.5 Å². The number of rotatable bonds is 5. The molecule has 10 nitrogen and oxygen atoms in total. The van der Waals surface area contributed by atoms with Crippen molar-refractivity contribution in [3.8, 4) is 6.01 Å². The molecule has 1 saturated heterocycles. The second-order valence-electron chi connectivity index (χ2n) is 7.42. The number of fused-ring (bicyclic) bond motifs is 1. The van der Waals surface area contributed by atoms with Crippen molar-refractivity contribution >= 4 is 22.8 Å². The highest BCUT2D eigenvalue weighted by Crippen LogP contribution is 2.26. The molecule has 1 amide bonds. The van der Waals surface area contributed by atoms with Crippen LogP contribution in [-0.2, 0) is 4.79 Å². The summed E-state index contributed by atoms with van der Waals surface area (Å²) in [6, 6.07) is 3.74. The highest BCUT2D eigenvalue weighted by molar-refractivity contribution is 5.79. The zero-order chi connectivity index (χ0) is 21.1. The second-order valence-corrected chi connectivity index (χ2v) is 7.42. The number of aromatic amines is 1. The fraction of sp³-hybridized carbons (Fsp3) is 0.400. The number of likely N-dealkylation sites (tertiary alicyclic amines) is 1. The number of pyridine rings is 1. The number of anilines is 1. The van der Waals surface area contributed by atoms with Crippen molar-refractivity contribution in [1.82, 2.24) is 29.8 Å². The number of nitrogens with zero attached hydrogens (tertiary/aromatic N) is 6. The Morgan fingerprint density at radius 3 is 2.87 bits per heavy atom. The molecule has 0 spiro atoms. The number of carbonyl (C=O) groups is 1. The van der Waals surface area contributed by atoms with E-state index in [0.29, 0.717) is 29.9 Å². The third kappa shape index (κ3) is 4.22. The summed E-state index contributed by atoms with van der Waals surface area (Å²) in [5.74, 6) is 0.429. The van der Waals surface area contributed by atoms with E-state index in [4.69, 9.17) is 4.74 Å². The summed E-state index contributed by atoms with van der Waals surface area (Å²) in [4.78, 5) is 48.2. The Balaban J connectivity index is 1.50. The molecule has 0 unspecified atom stereocenters. The summed E-state index contributed by atoms with van der Waals surface area (Å²) in [6.07, 6.45) is 6.38. The molecule has 3 aromatic heterocycles. The van der Waals surface area contributed by atoms with Crippen LogP contribution in [0.25, 0.3) is 10.9 Å². The minimum Gasteiger partial charge on any atom is -0.453 e. The van der Waals surface area contributed by atoms with Crippen molar-refractivity contribution in [3.05, 3.63) is 46.8 Å². The van der Waals surface area contributed by atoms with Gasteiger partial charge in [0.05, 0.1) is 10.9 Å². The molecule has 4 rings (SSSR count). The molecule has 156 valence electrons. The number of carbonyl (C=O) groups excluding carboxylic acids is 1.